The van der Waals surface area contributed by atoms with Crippen molar-refractivity contribution in [3.63, 3.8) is 0 Å². The van der Waals surface area contributed by atoms with E-state index in [-0.39, 0.29) is 0 Å². The van der Waals surface area contributed by atoms with E-state index in [4.69, 9.17) is 4.74 Å². The van der Waals surface area contributed by atoms with Gasteiger partial charge in [-0.15, -0.1) is 0 Å². The topological polar surface area (TPSA) is 9.23 Å². The van der Waals surface area contributed by atoms with E-state index in [0.717, 1.165) is 12.2 Å². The number of benzene rings is 1. The molecule has 2 atom stereocenters. The minimum Gasteiger partial charge on any atom is -0.465 e. The monoisotopic (exact) mass is 210 g/mol. The standard InChI is InChI=1S/C15H14O/c1-2-8-13-12(6-1)7-5-11-16-15-10-4-3-9-14(13)15/h1-6,8-13H,7H2/b11-5-. The second-order valence-electron chi connectivity index (χ2n) is 4.22. The zero-order valence-corrected chi connectivity index (χ0v) is 9.04. The molecule has 1 aliphatic carbocycles. The Morgan fingerprint density at radius 3 is 2.94 bits per heavy atom. The summed E-state index contributed by atoms with van der Waals surface area (Å²) < 4.78 is 5.64. The van der Waals surface area contributed by atoms with Crippen molar-refractivity contribution in [1.29, 1.82) is 0 Å². The maximum Gasteiger partial charge on any atom is 0.130 e. The fourth-order valence-corrected chi connectivity index (χ4v) is 2.41. The maximum atomic E-state index is 5.64. The van der Waals surface area contributed by atoms with E-state index in [1.165, 1.54) is 5.56 Å². The Hall–Kier alpha value is -1.76. The highest BCUT2D eigenvalue weighted by Gasteiger charge is 2.23. The van der Waals surface area contributed by atoms with Crippen LogP contribution in [0.3, 0.4) is 0 Å². The number of hydrogen-bond donors (Lipinski definition) is 0. The van der Waals surface area contributed by atoms with Crippen molar-refractivity contribution < 1.29 is 4.74 Å². The zero-order valence-electron chi connectivity index (χ0n) is 9.04. The van der Waals surface area contributed by atoms with Crippen LogP contribution >= 0.6 is 0 Å². The van der Waals surface area contributed by atoms with Gasteiger partial charge in [-0.05, 0) is 24.5 Å². The van der Waals surface area contributed by atoms with Gasteiger partial charge in [-0.3, -0.25) is 0 Å². The number of para-hydroxylation sites is 1. The summed E-state index contributed by atoms with van der Waals surface area (Å²) in [5.74, 6) is 1.99. The third kappa shape index (κ3) is 1.58. The summed E-state index contributed by atoms with van der Waals surface area (Å²) in [6, 6.07) is 8.30. The lowest BCUT2D eigenvalue weighted by Gasteiger charge is -2.26. The van der Waals surface area contributed by atoms with Crippen molar-refractivity contribution in [3.05, 3.63) is 66.5 Å². The normalized spacial score (nSPS) is 28.2. The molecule has 1 aromatic carbocycles. The van der Waals surface area contributed by atoms with E-state index < -0.39 is 0 Å². The molecule has 0 saturated carbocycles. The molecule has 1 heterocycles. The summed E-state index contributed by atoms with van der Waals surface area (Å²) in [4.78, 5) is 0. The van der Waals surface area contributed by atoms with Gasteiger partial charge >= 0.3 is 0 Å². The Bertz CT molecular complexity index is 468. The van der Waals surface area contributed by atoms with Crippen molar-refractivity contribution in [2.75, 3.05) is 0 Å². The second-order valence-corrected chi connectivity index (χ2v) is 4.22. The van der Waals surface area contributed by atoms with Gasteiger partial charge in [-0.25, -0.2) is 0 Å². The number of ether oxygens (including phenoxy) is 1. The first-order valence-corrected chi connectivity index (χ1v) is 5.71. The SMILES string of the molecule is C1=CC2C/C=C\Oc3ccccc3C2C=C1. The van der Waals surface area contributed by atoms with Crippen LogP contribution in [0.2, 0.25) is 0 Å². The molecule has 0 radical (unpaired) electrons. The fourth-order valence-electron chi connectivity index (χ4n) is 2.41. The molecule has 3 rings (SSSR count). The molecule has 0 saturated heterocycles. The Kier molecular flexibility index (Phi) is 2.37. The zero-order chi connectivity index (χ0) is 10.8. The van der Waals surface area contributed by atoms with Crippen LogP contribution in [0.5, 0.6) is 5.75 Å². The van der Waals surface area contributed by atoms with Crippen LogP contribution in [0, 0.1) is 5.92 Å². The van der Waals surface area contributed by atoms with Gasteiger partial charge in [0.2, 0.25) is 0 Å². The molecule has 0 amide bonds. The van der Waals surface area contributed by atoms with Crippen LogP contribution < -0.4 is 4.74 Å². The molecule has 0 aromatic heterocycles. The summed E-state index contributed by atoms with van der Waals surface area (Å²) in [7, 11) is 0. The average Bonchev–Trinajstić information content (AvgIpc) is 2.33. The van der Waals surface area contributed by atoms with Crippen LogP contribution in [0.4, 0.5) is 0 Å². The smallest absolute Gasteiger partial charge is 0.130 e. The minimum atomic E-state index is 0.450. The predicted octanol–water partition coefficient (Wildman–Crippen LogP) is 3.81. The van der Waals surface area contributed by atoms with Gasteiger partial charge in [0.1, 0.15) is 5.75 Å². The first-order valence-electron chi connectivity index (χ1n) is 5.71. The van der Waals surface area contributed by atoms with Crippen molar-refractivity contribution in [1.82, 2.24) is 0 Å². The highest BCUT2D eigenvalue weighted by molar-refractivity contribution is 5.42. The highest BCUT2D eigenvalue weighted by atomic mass is 16.5. The summed E-state index contributed by atoms with van der Waals surface area (Å²) in [6.45, 7) is 0. The molecule has 80 valence electrons. The summed E-state index contributed by atoms with van der Waals surface area (Å²) in [6.07, 6.45) is 13.8. The van der Waals surface area contributed by atoms with E-state index in [9.17, 15) is 0 Å². The number of fused-ring (bicyclic) bond motifs is 3. The lowest BCUT2D eigenvalue weighted by molar-refractivity contribution is 0.444. The molecular weight excluding hydrogens is 196 g/mol. The summed E-state index contributed by atoms with van der Waals surface area (Å²) >= 11 is 0. The maximum absolute atomic E-state index is 5.64. The van der Waals surface area contributed by atoms with Gasteiger partial charge in [0, 0.05) is 11.5 Å². The van der Waals surface area contributed by atoms with Crippen LogP contribution in [-0.2, 0) is 0 Å². The molecular formula is C15H14O. The fraction of sp³-hybridized carbons (Fsp3) is 0.200. The van der Waals surface area contributed by atoms with Crippen molar-refractivity contribution in [2.24, 2.45) is 5.92 Å². The van der Waals surface area contributed by atoms with Crippen molar-refractivity contribution in [2.45, 2.75) is 12.3 Å². The first-order chi connectivity index (χ1) is 7.95. The third-order valence-corrected chi connectivity index (χ3v) is 3.23. The van der Waals surface area contributed by atoms with Crippen LogP contribution in [-0.4, -0.2) is 0 Å². The number of hydrogen-bond acceptors (Lipinski definition) is 1. The van der Waals surface area contributed by atoms with Gasteiger partial charge in [0.05, 0.1) is 6.26 Å². The highest BCUT2D eigenvalue weighted by Crippen LogP contribution is 2.38. The molecule has 2 unspecified atom stereocenters. The van der Waals surface area contributed by atoms with E-state index in [1.807, 2.05) is 12.1 Å². The molecule has 1 aromatic rings. The third-order valence-electron chi connectivity index (χ3n) is 3.23. The van der Waals surface area contributed by atoms with Crippen LogP contribution in [0.1, 0.15) is 17.9 Å². The molecule has 0 spiro atoms. The molecule has 1 heteroatoms. The lowest BCUT2D eigenvalue weighted by atomic mass is 9.80. The molecule has 0 bridgehead atoms. The number of allylic oxidation sites excluding steroid dienone is 5. The van der Waals surface area contributed by atoms with Gasteiger partial charge in [0.15, 0.2) is 0 Å². The Morgan fingerprint density at radius 1 is 1.06 bits per heavy atom. The Balaban J connectivity index is 2.09. The molecule has 1 nitrogen and oxygen atoms in total. The van der Waals surface area contributed by atoms with E-state index in [2.05, 4.69) is 42.5 Å². The van der Waals surface area contributed by atoms with Gasteiger partial charge in [-0.1, -0.05) is 42.5 Å². The molecule has 1 aliphatic heterocycles. The minimum absolute atomic E-state index is 0.450. The van der Waals surface area contributed by atoms with Gasteiger partial charge < -0.3 is 4.74 Å². The largest absolute Gasteiger partial charge is 0.465 e. The quantitative estimate of drug-likeness (QED) is 0.632. The van der Waals surface area contributed by atoms with E-state index >= 15 is 0 Å². The van der Waals surface area contributed by atoms with E-state index in [0.29, 0.717) is 11.8 Å². The Labute approximate surface area is 95.7 Å². The molecule has 2 aliphatic rings. The summed E-state index contributed by atoms with van der Waals surface area (Å²) in [5.41, 5.74) is 1.29. The summed E-state index contributed by atoms with van der Waals surface area (Å²) in [5, 5.41) is 0. The van der Waals surface area contributed by atoms with Gasteiger partial charge in [-0.2, -0.15) is 0 Å². The lowest BCUT2D eigenvalue weighted by Crippen LogP contribution is -2.12. The number of rotatable bonds is 0. The molecule has 0 fully saturated rings. The predicted molar refractivity (Wildman–Crippen MR) is 65.3 cm³/mol. The van der Waals surface area contributed by atoms with Crippen molar-refractivity contribution >= 4 is 0 Å². The molecule has 0 N–H and O–H groups in total. The average molecular weight is 210 g/mol. The van der Waals surface area contributed by atoms with Crippen molar-refractivity contribution in [3.8, 4) is 5.75 Å². The van der Waals surface area contributed by atoms with Crippen LogP contribution in [0.25, 0.3) is 0 Å². The van der Waals surface area contributed by atoms with Crippen LogP contribution in [0.15, 0.2) is 60.9 Å². The Morgan fingerprint density at radius 2 is 1.94 bits per heavy atom. The first kappa shape index (κ1) is 9.46. The molecule has 16 heavy (non-hydrogen) atoms. The van der Waals surface area contributed by atoms with E-state index in [1.54, 1.807) is 6.26 Å². The van der Waals surface area contributed by atoms with Gasteiger partial charge in [0.25, 0.3) is 0 Å². The second kappa shape index (κ2) is 4.01.